The quantitative estimate of drug-likeness (QED) is 0.416. The summed E-state index contributed by atoms with van der Waals surface area (Å²) < 4.78 is 0. The average molecular weight is 313 g/mol. The van der Waals surface area contributed by atoms with Crippen LogP contribution in [0.3, 0.4) is 0 Å². The summed E-state index contributed by atoms with van der Waals surface area (Å²) in [6, 6.07) is 8.99. The van der Waals surface area contributed by atoms with Crippen LogP contribution in [0, 0.1) is 11.8 Å². The van der Waals surface area contributed by atoms with Crippen molar-refractivity contribution in [1.82, 2.24) is 0 Å². The van der Waals surface area contributed by atoms with Crippen molar-refractivity contribution in [2.45, 2.75) is 84.5 Å². The first-order valence-corrected chi connectivity index (χ1v) is 10.1. The Morgan fingerprint density at radius 1 is 0.870 bits per heavy atom. The SMILES string of the molecule is CCCCCC1CCC(CCC=Cc2ccc(CC)cc2)CC1. The predicted octanol–water partition coefficient (Wildman–Crippen LogP) is 7.43. The number of hydrogen-bond acceptors (Lipinski definition) is 0. The molecular formula is C23H36. The first kappa shape index (κ1) is 18.3. The normalized spacial score (nSPS) is 21.8. The van der Waals surface area contributed by atoms with E-state index in [0.717, 1.165) is 18.3 Å². The van der Waals surface area contributed by atoms with E-state index >= 15 is 0 Å². The third-order valence-electron chi connectivity index (χ3n) is 5.62. The maximum Gasteiger partial charge on any atom is -0.0260 e. The summed E-state index contributed by atoms with van der Waals surface area (Å²) in [7, 11) is 0. The van der Waals surface area contributed by atoms with Crippen LogP contribution in [0.5, 0.6) is 0 Å². The monoisotopic (exact) mass is 312 g/mol. The highest BCUT2D eigenvalue weighted by molar-refractivity contribution is 5.49. The van der Waals surface area contributed by atoms with Gasteiger partial charge in [0.1, 0.15) is 0 Å². The second-order valence-corrected chi connectivity index (χ2v) is 7.46. The van der Waals surface area contributed by atoms with Gasteiger partial charge in [-0.15, -0.1) is 0 Å². The van der Waals surface area contributed by atoms with Crippen molar-refractivity contribution in [3.63, 3.8) is 0 Å². The third kappa shape index (κ3) is 6.94. The van der Waals surface area contributed by atoms with E-state index in [2.05, 4.69) is 50.3 Å². The maximum absolute atomic E-state index is 2.38. The van der Waals surface area contributed by atoms with Gasteiger partial charge in [-0.25, -0.2) is 0 Å². The summed E-state index contributed by atoms with van der Waals surface area (Å²) in [5.41, 5.74) is 2.78. The highest BCUT2D eigenvalue weighted by atomic mass is 14.3. The van der Waals surface area contributed by atoms with Crippen LogP contribution < -0.4 is 0 Å². The fourth-order valence-corrected chi connectivity index (χ4v) is 3.91. The number of benzene rings is 1. The second kappa shape index (κ2) is 10.7. The zero-order chi connectivity index (χ0) is 16.3. The van der Waals surface area contributed by atoms with Crippen LogP contribution in [0.15, 0.2) is 30.3 Å². The van der Waals surface area contributed by atoms with Crippen molar-refractivity contribution in [2.75, 3.05) is 0 Å². The summed E-state index contributed by atoms with van der Waals surface area (Å²) in [6.07, 6.45) is 20.2. The first-order chi connectivity index (χ1) is 11.3. The van der Waals surface area contributed by atoms with Crippen LogP contribution in [-0.2, 0) is 6.42 Å². The molecule has 0 amide bonds. The molecule has 1 aliphatic rings. The molecule has 1 aliphatic carbocycles. The number of allylic oxidation sites excluding steroid dienone is 1. The number of unbranched alkanes of at least 4 members (excludes halogenated alkanes) is 2. The van der Waals surface area contributed by atoms with Crippen molar-refractivity contribution in [3.05, 3.63) is 41.5 Å². The van der Waals surface area contributed by atoms with E-state index in [-0.39, 0.29) is 0 Å². The lowest BCUT2D eigenvalue weighted by atomic mass is 9.78. The molecule has 23 heavy (non-hydrogen) atoms. The lowest BCUT2D eigenvalue weighted by Gasteiger charge is -2.28. The molecule has 0 aliphatic heterocycles. The summed E-state index contributed by atoms with van der Waals surface area (Å²) in [5, 5.41) is 0. The maximum atomic E-state index is 2.38. The molecule has 0 unspecified atom stereocenters. The van der Waals surface area contributed by atoms with Gasteiger partial charge in [-0.05, 0) is 42.2 Å². The lowest BCUT2D eigenvalue weighted by molar-refractivity contribution is 0.250. The van der Waals surface area contributed by atoms with Gasteiger partial charge >= 0.3 is 0 Å². The molecule has 0 aromatic heterocycles. The molecule has 0 heterocycles. The van der Waals surface area contributed by atoms with Crippen LogP contribution in [0.1, 0.15) is 89.2 Å². The molecule has 128 valence electrons. The Bertz CT molecular complexity index is 432. The molecule has 0 nitrogen and oxygen atoms in total. The summed E-state index contributed by atoms with van der Waals surface area (Å²) in [4.78, 5) is 0. The van der Waals surface area contributed by atoms with Gasteiger partial charge in [0, 0.05) is 0 Å². The second-order valence-electron chi connectivity index (χ2n) is 7.46. The van der Waals surface area contributed by atoms with E-state index in [9.17, 15) is 0 Å². The Balaban J connectivity index is 1.60. The standard InChI is InChI=1S/C23H36/c1-3-5-6-9-21-16-18-23(19-17-21)11-8-7-10-22-14-12-20(4-2)13-15-22/h7,10,12-15,21,23H,3-6,8-9,11,16-19H2,1-2H3. The van der Waals surface area contributed by atoms with Crippen LogP contribution in [0.2, 0.25) is 0 Å². The van der Waals surface area contributed by atoms with E-state index in [4.69, 9.17) is 0 Å². The zero-order valence-corrected chi connectivity index (χ0v) is 15.4. The van der Waals surface area contributed by atoms with Crippen LogP contribution in [-0.4, -0.2) is 0 Å². The van der Waals surface area contributed by atoms with Crippen LogP contribution in [0.4, 0.5) is 0 Å². The average Bonchev–Trinajstić information content (AvgIpc) is 2.61. The lowest BCUT2D eigenvalue weighted by Crippen LogP contribution is -2.14. The zero-order valence-electron chi connectivity index (χ0n) is 15.4. The van der Waals surface area contributed by atoms with E-state index in [1.54, 1.807) is 0 Å². The largest absolute Gasteiger partial charge is 0.0839 e. The highest BCUT2D eigenvalue weighted by Crippen LogP contribution is 2.34. The third-order valence-corrected chi connectivity index (χ3v) is 5.62. The van der Waals surface area contributed by atoms with Crippen molar-refractivity contribution < 1.29 is 0 Å². The van der Waals surface area contributed by atoms with E-state index < -0.39 is 0 Å². The molecule has 0 N–H and O–H groups in total. The molecule has 0 atom stereocenters. The topological polar surface area (TPSA) is 0 Å². The molecule has 0 spiro atoms. The van der Waals surface area contributed by atoms with E-state index in [0.29, 0.717) is 0 Å². The van der Waals surface area contributed by atoms with Crippen molar-refractivity contribution >= 4 is 6.08 Å². The van der Waals surface area contributed by atoms with Crippen molar-refractivity contribution in [2.24, 2.45) is 11.8 Å². The first-order valence-electron chi connectivity index (χ1n) is 10.1. The van der Waals surface area contributed by atoms with Gasteiger partial charge in [0.05, 0.1) is 0 Å². The molecule has 1 saturated carbocycles. The van der Waals surface area contributed by atoms with Gasteiger partial charge in [0.25, 0.3) is 0 Å². The minimum Gasteiger partial charge on any atom is -0.0839 e. The number of aryl methyl sites for hydroxylation is 1. The molecule has 2 rings (SSSR count). The highest BCUT2D eigenvalue weighted by Gasteiger charge is 2.19. The van der Waals surface area contributed by atoms with E-state index in [1.165, 1.54) is 75.3 Å². The smallest absolute Gasteiger partial charge is 0.0260 e. The fraction of sp³-hybridized carbons (Fsp3) is 0.652. The Labute approximate surface area is 144 Å². The molecule has 0 radical (unpaired) electrons. The summed E-state index contributed by atoms with van der Waals surface area (Å²) >= 11 is 0. The van der Waals surface area contributed by atoms with Gasteiger partial charge < -0.3 is 0 Å². The molecule has 1 aromatic carbocycles. The van der Waals surface area contributed by atoms with Gasteiger partial charge in [-0.3, -0.25) is 0 Å². The minimum absolute atomic E-state index is 0.990. The Kier molecular flexibility index (Phi) is 8.50. The number of rotatable bonds is 9. The summed E-state index contributed by atoms with van der Waals surface area (Å²) in [5.74, 6) is 2.04. The minimum atomic E-state index is 0.990. The number of hydrogen-bond donors (Lipinski definition) is 0. The van der Waals surface area contributed by atoms with E-state index in [1.807, 2.05) is 0 Å². The van der Waals surface area contributed by atoms with Crippen molar-refractivity contribution in [3.8, 4) is 0 Å². The molecule has 1 fully saturated rings. The fourth-order valence-electron chi connectivity index (χ4n) is 3.91. The summed E-state index contributed by atoms with van der Waals surface area (Å²) in [6.45, 7) is 4.52. The Hall–Kier alpha value is -1.04. The van der Waals surface area contributed by atoms with Crippen molar-refractivity contribution in [1.29, 1.82) is 0 Å². The Morgan fingerprint density at radius 2 is 1.52 bits per heavy atom. The molecular weight excluding hydrogens is 276 g/mol. The van der Waals surface area contributed by atoms with Crippen LogP contribution in [0.25, 0.3) is 6.08 Å². The van der Waals surface area contributed by atoms with Crippen LogP contribution >= 0.6 is 0 Å². The molecule has 0 heteroatoms. The molecule has 0 saturated heterocycles. The van der Waals surface area contributed by atoms with Gasteiger partial charge in [-0.2, -0.15) is 0 Å². The van der Waals surface area contributed by atoms with Gasteiger partial charge in [0.2, 0.25) is 0 Å². The van der Waals surface area contributed by atoms with Gasteiger partial charge in [0.15, 0.2) is 0 Å². The Morgan fingerprint density at radius 3 is 2.13 bits per heavy atom. The predicted molar refractivity (Wildman–Crippen MR) is 104 cm³/mol. The molecule has 1 aromatic rings. The van der Waals surface area contributed by atoms with Gasteiger partial charge in [-0.1, -0.05) is 102 Å². The molecule has 0 bridgehead atoms.